The van der Waals surface area contributed by atoms with Crippen molar-refractivity contribution in [2.75, 3.05) is 164 Å². The largest absolute Gasteiger partial charge is 0.481 e. The molecule has 0 bridgehead atoms. The number of aliphatic imine (C=N–C) groups is 2. The lowest BCUT2D eigenvalue weighted by molar-refractivity contribution is -0.138. The Labute approximate surface area is 516 Å². The molecule has 0 aromatic heterocycles. The van der Waals surface area contributed by atoms with Crippen LogP contribution < -0.4 is 21.7 Å². The van der Waals surface area contributed by atoms with Crippen LogP contribution in [0.1, 0.15) is 65.5 Å². The first kappa shape index (κ1) is 70.3. The molecule has 4 aromatic carbocycles. The van der Waals surface area contributed by atoms with E-state index in [1.165, 1.54) is 4.31 Å². The molecule has 2 aliphatic heterocycles. The Morgan fingerprint density at radius 3 is 1.77 bits per heavy atom. The second-order valence-corrected chi connectivity index (χ2v) is 22.3. The van der Waals surface area contributed by atoms with Gasteiger partial charge in [0.05, 0.1) is 167 Å². The number of carboxylic acid groups (broad SMARTS) is 1. The van der Waals surface area contributed by atoms with Gasteiger partial charge in [0, 0.05) is 67.9 Å². The average Bonchev–Trinajstić information content (AvgIpc) is 1.73. The zero-order valence-corrected chi connectivity index (χ0v) is 51.1. The van der Waals surface area contributed by atoms with Gasteiger partial charge in [-0.1, -0.05) is 61.5 Å². The Morgan fingerprint density at radius 2 is 1.23 bits per heavy atom. The normalized spacial score (nSPS) is 14.0. The Kier molecular flexibility index (Phi) is 32.6. The van der Waals surface area contributed by atoms with Gasteiger partial charge >= 0.3 is 5.97 Å². The molecule has 2 aliphatic rings. The minimum atomic E-state index is -3.68. The van der Waals surface area contributed by atoms with Crippen LogP contribution in [0.3, 0.4) is 0 Å². The number of hydrogen-bond donors (Lipinski definition) is 6. The number of ether oxygens (including phenoxy) is 10. The van der Waals surface area contributed by atoms with E-state index < -0.39 is 16.0 Å². The molecule has 6 rings (SSSR count). The van der Waals surface area contributed by atoms with E-state index >= 15 is 0 Å². The first-order valence-corrected chi connectivity index (χ1v) is 31.2. The predicted octanol–water partition coefficient (Wildman–Crippen LogP) is 5.00. The van der Waals surface area contributed by atoms with Gasteiger partial charge in [0.2, 0.25) is 15.9 Å². The van der Waals surface area contributed by atoms with E-state index in [4.69, 9.17) is 68.2 Å². The minimum Gasteiger partial charge on any atom is -0.481 e. The van der Waals surface area contributed by atoms with Crippen LogP contribution in [0.4, 0.5) is 11.4 Å². The fourth-order valence-corrected chi connectivity index (χ4v) is 10.6. The number of aliphatic carboxylic acids is 1. The molecule has 0 aliphatic carbocycles. The third-order valence-electron chi connectivity index (χ3n) is 13.7. The van der Waals surface area contributed by atoms with Gasteiger partial charge in [-0.15, -0.1) is 0 Å². The lowest BCUT2D eigenvalue weighted by atomic mass is 9.88. The number of amides is 1. The van der Waals surface area contributed by atoms with Crippen LogP contribution in [-0.4, -0.2) is 205 Å². The van der Waals surface area contributed by atoms with Gasteiger partial charge in [-0.3, -0.25) is 9.59 Å². The molecule has 1 fully saturated rings. The third-order valence-corrected chi connectivity index (χ3v) is 15.5. The summed E-state index contributed by atoms with van der Waals surface area (Å²) >= 11 is 0. The van der Waals surface area contributed by atoms with Crippen molar-refractivity contribution in [3.63, 3.8) is 0 Å². The van der Waals surface area contributed by atoms with E-state index in [1.54, 1.807) is 36.4 Å². The van der Waals surface area contributed by atoms with Crippen molar-refractivity contribution in [3.05, 3.63) is 130 Å². The molecule has 0 radical (unpaired) electrons. The minimum absolute atomic E-state index is 0.0194. The van der Waals surface area contributed by atoms with Crippen LogP contribution in [0.25, 0.3) is 6.08 Å². The number of anilines is 1. The van der Waals surface area contributed by atoms with E-state index in [0.29, 0.717) is 192 Å². The van der Waals surface area contributed by atoms with E-state index in [2.05, 4.69) is 22.0 Å². The first-order chi connectivity index (χ1) is 42.9. The number of nitrogens with two attached hydrogens (primary N) is 1. The highest BCUT2D eigenvalue weighted by atomic mass is 32.2. The van der Waals surface area contributed by atoms with Crippen LogP contribution in [0.5, 0.6) is 0 Å². The molecule has 1 saturated heterocycles. The monoisotopic (exact) mass is 1240 g/mol. The molecule has 4 aromatic rings. The van der Waals surface area contributed by atoms with Gasteiger partial charge in [-0.05, 0) is 71.1 Å². The number of hydrogen-bond acceptors (Lipinski definition) is 19. The number of nitrogens with one attached hydrogen (secondary N) is 3. The number of guanidine groups is 1. The van der Waals surface area contributed by atoms with Crippen LogP contribution in [-0.2, 0) is 80.1 Å². The smallest absolute Gasteiger partial charge is 0.305 e. The molecule has 7 N–H and O–H groups in total. The zero-order valence-electron chi connectivity index (χ0n) is 50.3. The maximum absolute atomic E-state index is 13.6. The van der Waals surface area contributed by atoms with Crippen molar-refractivity contribution in [1.82, 2.24) is 14.9 Å². The van der Waals surface area contributed by atoms with Crippen molar-refractivity contribution in [2.45, 2.75) is 50.1 Å². The SMILES string of the molecule is CCC(c1cccc(S(=O)(=O)N2CC(CO)C2)c1)c1ccc2c(c1)N=C(N)CC(C(=O)NCc1ccc(C/N=C(/NCCOCCOCCOCCOCCOCCOCCOCCOCCOCCOCCC(=O)O)Nc3cccc(C#N)c3)cc1)=C2. The van der Waals surface area contributed by atoms with Gasteiger partial charge in [0.25, 0.3) is 0 Å². The van der Waals surface area contributed by atoms with Crippen molar-refractivity contribution < 1.29 is 75.6 Å². The Hall–Kier alpha value is -6.74. The van der Waals surface area contributed by atoms with Gasteiger partial charge in [-0.2, -0.15) is 9.57 Å². The molecule has 88 heavy (non-hydrogen) atoms. The van der Waals surface area contributed by atoms with Gasteiger partial charge in [-0.25, -0.2) is 18.4 Å². The summed E-state index contributed by atoms with van der Waals surface area (Å²) in [6.07, 6.45) is 2.66. The summed E-state index contributed by atoms with van der Waals surface area (Å²) in [5.41, 5.74) is 13.1. The highest BCUT2D eigenvalue weighted by molar-refractivity contribution is 7.89. The molecule has 24 nitrogen and oxygen atoms in total. The van der Waals surface area contributed by atoms with E-state index in [-0.39, 0.29) is 55.2 Å². The lowest BCUT2D eigenvalue weighted by Crippen LogP contribution is -2.51. The van der Waals surface area contributed by atoms with Crippen LogP contribution in [0, 0.1) is 17.2 Å². The highest BCUT2D eigenvalue weighted by Crippen LogP contribution is 2.36. The van der Waals surface area contributed by atoms with E-state index in [0.717, 1.165) is 27.8 Å². The number of carbonyl (C=O) groups is 2. The first-order valence-electron chi connectivity index (χ1n) is 29.7. The van der Waals surface area contributed by atoms with Crippen molar-refractivity contribution in [2.24, 2.45) is 21.6 Å². The number of benzene rings is 4. The van der Waals surface area contributed by atoms with E-state index in [9.17, 15) is 28.4 Å². The van der Waals surface area contributed by atoms with Gasteiger partial charge in [0.15, 0.2) is 5.96 Å². The summed E-state index contributed by atoms with van der Waals surface area (Å²) in [5.74, 6) is -0.510. The predicted molar refractivity (Wildman–Crippen MR) is 331 cm³/mol. The second kappa shape index (κ2) is 40.7. The fourth-order valence-electron chi connectivity index (χ4n) is 8.96. The summed E-state index contributed by atoms with van der Waals surface area (Å²) in [6, 6.07) is 30.0. The number of fused-ring (bicyclic) bond motifs is 1. The molecular formula is C63H86N8O16S. The number of carbonyl (C=O) groups excluding carboxylic acids is 1. The Bertz CT molecular complexity index is 2970. The molecule has 0 spiro atoms. The number of carboxylic acids is 1. The summed E-state index contributed by atoms with van der Waals surface area (Å²) in [5, 5.41) is 37.1. The van der Waals surface area contributed by atoms with Crippen LogP contribution >= 0.6 is 0 Å². The number of aliphatic hydroxyl groups is 1. The molecule has 0 saturated carbocycles. The van der Waals surface area contributed by atoms with E-state index in [1.807, 2.05) is 67.6 Å². The summed E-state index contributed by atoms with van der Waals surface area (Å²) < 4.78 is 83.1. The van der Waals surface area contributed by atoms with Crippen LogP contribution in [0.15, 0.2) is 111 Å². The van der Waals surface area contributed by atoms with Crippen molar-refractivity contribution in [3.8, 4) is 6.07 Å². The molecular weight excluding hydrogens is 1160 g/mol. The molecule has 1 unspecified atom stereocenters. The van der Waals surface area contributed by atoms with Crippen molar-refractivity contribution in [1.29, 1.82) is 5.26 Å². The quantitative estimate of drug-likeness (QED) is 0.0193. The molecule has 1 amide bonds. The maximum atomic E-state index is 13.6. The summed E-state index contributed by atoms with van der Waals surface area (Å²) in [4.78, 5) is 33.8. The van der Waals surface area contributed by atoms with Crippen LogP contribution in [0.2, 0.25) is 0 Å². The average molecular weight is 1240 g/mol. The highest BCUT2D eigenvalue weighted by Gasteiger charge is 2.36. The molecule has 1 atom stereocenters. The second-order valence-electron chi connectivity index (χ2n) is 20.3. The number of aliphatic hydroxyl groups excluding tert-OH is 1. The summed E-state index contributed by atoms with van der Waals surface area (Å²) in [7, 11) is -3.68. The summed E-state index contributed by atoms with van der Waals surface area (Å²) in [6.45, 7) is 12.0. The standard InChI is InChI=1S/C63H86N8O16S/c1-2-58(52-6-4-8-57(39-52)88(76,77)71-45-51(46-71)47-72)53-13-14-54-38-55(41-60(65)70-59(54)40-53)62(75)67-43-48-9-11-49(12-10-48)44-68-63(69-56-7-3-5-50(37-56)42-64)66-16-18-79-20-22-81-24-26-83-28-30-85-32-34-87-36-35-86-33-31-84-29-27-82-25-23-80-21-19-78-17-15-61(73)74/h3-14,37-40,51,58,72H,2,15-36,41,43-47H2,1H3,(H2,65,70)(H,67,75)(H,73,74)(H2,66,68,69). The molecule has 480 valence electrons. The van der Waals surface area contributed by atoms with Crippen molar-refractivity contribution >= 4 is 51.1 Å². The topological polar surface area (TPSA) is 315 Å². The fraction of sp³-hybridized carbons (Fsp3) is 0.508. The number of nitriles is 1. The molecule has 2 heterocycles. The number of nitrogens with zero attached hydrogens (tertiary/aromatic N) is 4. The maximum Gasteiger partial charge on any atom is 0.305 e. The third kappa shape index (κ3) is 26.1. The van der Waals surface area contributed by atoms with Gasteiger partial charge < -0.3 is 79.3 Å². The lowest BCUT2D eigenvalue weighted by Gasteiger charge is -2.37. The Balaban J connectivity index is 0.808. The zero-order chi connectivity index (χ0) is 62.4. The molecule has 25 heteroatoms. The van der Waals surface area contributed by atoms with Gasteiger partial charge in [0.1, 0.15) is 5.84 Å². The number of amidine groups is 1. The number of rotatable bonds is 45. The Morgan fingerprint density at radius 1 is 0.693 bits per heavy atom. The number of sulfonamides is 1.